The SMILES string of the molecule is C=C(C)[C@H](O)[CH][CH][CH][CH]/C=C/C(=O)OC. The van der Waals surface area contributed by atoms with Crippen LogP contribution >= 0.6 is 0 Å². The lowest BCUT2D eigenvalue weighted by molar-refractivity contribution is -0.134. The molecular weight excluding hydrogens is 192 g/mol. The van der Waals surface area contributed by atoms with Crippen LogP contribution in [0, 0.1) is 25.7 Å². The van der Waals surface area contributed by atoms with Crippen LogP contribution in [-0.2, 0) is 9.53 Å². The van der Waals surface area contributed by atoms with Crippen molar-refractivity contribution in [2.24, 2.45) is 0 Å². The Morgan fingerprint density at radius 1 is 1.40 bits per heavy atom. The molecule has 3 heteroatoms. The van der Waals surface area contributed by atoms with Gasteiger partial charge in [-0.1, -0.05) is 18.2 Å². The average molecular weight is 208 g/mol. The molecule has 4 radical (unpaired) electrons. The lowest BCUT2D eigenvalue weighted by atomic mass is 10.1. The number of aliphatic hydroxyl groups excluding tert-OH is 1. The van der Waals surface area contributed by atoms with Crippen molar-refractivity contribution in [2.45, 2.75) is 13.0 Å². The molecule has 0 aromatic carbocycles. The highest BCUT2D eigenvalue weighted by atomic mass is 16.5. The van der Waals surface area contributed by atoms with Gasteiger partial charge in [-0.2, -0.15) is 0 Å². The topological polar surface area (TPSA) is 46.5 Å². The minimum Gasteiger partial charge on any atom is -0.466 e. The first-order chi connectivity index (χ1) is 7.07. The van der Waals surface area contributed by atoms with Crippen LogP contribution in [0.1, 0.15) is 6.92 Å². The summed E-state index contributed by atoms with van der Waals surface area (Å²) < 4.78 is 4.40. The summed E-state index contributed by atoms with van der Waals surface area (Å²) in [4.78, 5) is 10.6. The molecule has 0 amide bonds. The van der Waals surface area contributed by atoms with Crippen LogP contribution in [0.5, 0.6) is 0 Å². The van der Waals surface area contributed by atoms with E-state index in [2.05, 4.69) is 11.3 Å². The number of aliphatic hydroxyl groups is 1. The summed E-state index contributed by atoms with van der Waals surface area (Å²) in [7, 11) is 1.32. The van der Waals surface area contributed by atoms with E-state index in [1.165, 1.54) is 13.2 Å². The van der Waals surface area contributed by atoms with E-state index in [-0.39, 0.29) is 0 Å². The second-order valence-corrected chi connectivity index (χ2v) is 2.94. The second kappa shape index (κ2) is 8.24. The fraction of sp³-hybridized carbons (Fsp3) is 0.250. The number of hydrogen-bond donors (Lipinski definition) is 1. The van der Waals surface area contributed by atoms with Crippen LogP contribution in [0.4, 0.5) is 0 Å². The third-order valence-corrected chi connectivity index (χ3v) is 1.57. The Kier molecular flexibility index (Phi) is 7.64. The third-order valence-electron chi connectivity index (χ3n) is 1.57. The maximum atomic E-state index is 10.6. The highest BCUT2D eigenvalue weighted by molar-refractivity contribution is 5.82. The summed E-state index contributed by atoms with van der Waals surface area (Å²) in [5.41, 5.74) is 0.685. The first kappa shape index (κ1) is 13.9. The maximum Gasteiger partial charge on any atom is 0.330 e. The van der Waals surface area contributed by atoms with Crippen molar-refractivity contribution in [3.8, 4) is 0 Å². The van der Waals surface area contributed by atoms with Crippen LogP contribution in [-0.4, -0.2) is 24.3 Å². The van der Waals surface area contributed by atoms with E-state index < -0.39 is 12.1 Å². The quantitative estimate of drug-likeness (QED) is 0.298. The highest BCUT2D eigenvalue weighted by Gasteiger charge is 2.03. The minimum atomic E-state index is -0.626. The number of carbonyl (C=O) groups excluding carboxylic acids is 1. The van der Waals surface area contributed by atoms with Crippen LogP contribution in [0.2, 0.25) is 0 Å². The summed E-state index contributed by atoms with van der Waals surface area (Å²) in [6, 6.07) is 0. The first-order valence-electron chi connectivity index (χ1n) is 4.51. The number of unbranched alkanes of at least 4 members (excludes halogenated alkanes) is 2. The van der Waals surface area contributed by atoms with Gasteiger partial charge in [0.25, 0.3) is 0 Å². The zero-order valence-corrected chi connectivity index (χ0v) is 9.01. The van der Waals surface area contributed by atoms with Crippen molar-refractivity contribution in [2.75, 3.05) is 7.11 Å². The molecule has 3 nitrogen and oxygen atoms in total. The molecule has 0 heterocycles. The summed E-state index contributed by atoms with van der Waals surface area (Å²) in [6.07, 6.45) is 8.89. The van der Waals surface area contributed by atoms with Gasteiger partial charge in [0, 0.05) is 6.08 Å². The molecule has 0 aliphatic rings. The average Bonchev–Trinajstić information content (AvgIpc) is 2.22. The summed E-state index contributed by atoms with van der Waals surface area (Å²) in [6.45, 7) is 5.35. The molecule has 15 heavy (non-hydrogen) atoms. The van der Waals surface area contributed by atoms with Crippen LogP contribution in [0.25, 0.3) is 0 Å². The molecule has 0 saturated heterocycles. The monoisotopic (exact) mass is 208 g/mol. The largest absolute Gasteiger partial charge is 0.466 e. The zero-order chi connectivity index (χ0) is 11.7. The molecule has 0 saturated carbocycles. The number of esters is 1. The molecule has 0 bridgehead atoms. The number of ether oxygens (including phenoxy) is 1. The van der Waals surface area contributed by atoms with Crippen LogP contribution < -0.4 is 0 Å². The molecular formula is C12H16O3. The van der Waals surface area contributed by atoms with Gasteiger partial charge in [0.1, 0.15) is 0 Å². The molecule has 0 aliphatic carbocycles. The summed E-state index contributed by atoms with van der Waals surface area (Å²) in [5, 5.41) is 9.30. The lowest BCUT2D eigenvalue weighted by Gasteiger charge is -2.07. The minimum absolute atomic E-state index is 0.398. The molecule has 0 aromatic heterocycles. The van der Waals surface area contributed by atoms with Gasteiger partial charge >= 0.3 is 5.97 Å². The van der Waals surface area contributed by atoms with Gasteiger partial charge in [-0.3, -0.25) is 0 Å². The van der Waals surface area contributed by atoms with Gasteiger partial charge in [-0.15, -0.1) is 0 Å². The predicted molar refractivity (Wildman–Crippen MR) is 59.2 cm³/mol. The predicted octanol–water partition coefficient (Wildman–Crippen LogP) is 1.47. The standard InChI is InChI=1S/C12H16O3/c1-10(2)11(13)8-6-4-5-7-9-12(14)15-3/h4-9,11,13H,1H2,2-3H3/b9-7+/t11-/m1/s1. The molecule has 1 atom stereocenters. The van der Waals surface area contributed by atoms with Gasteiger partial charge in [0.05, 0.1) is 13.2 Å². The van der Waals surface area contributed by atoms with Gasteiger partial charge in [0.15, 0.2) is 0 Å². The third kappa shape index (κ3) is 7.94. The van der Waals surface area contributed by atoms with E-state index in [9.17, 15) is 9.90 Å². The molecule has 1 N–H and O–H groups in total. The number of rotatable bonds is 7. The molecule has 0 aliphatic heterocycles. The van der Waals surface area contributed by atoms with Crippen molar-refractivity contribution < 1.29 is 14.6 Å². The molecule has 0 unspecified atom stereocenters. The van der Waals surface area contributed by atoms with Crippen molar-refractivity contribution in [3.63, 3.8) is 0 Å². The summed E-state index contributed by atoms with van der Waals surface area (Å²) >= 11 is 0. The maximum absolute atomic E-state index is 10.6. The van der Waals surface area contributed by atoms with Gasteiger partial charge < -0.3 is 9.84 Å². The number of methoxy groups -OCH3 is 1. The Morgan fingerprint density at radius 3 is 2.60 bits per heavy atom. The normalized spacial score (nSPS) is 12.7. The highest BCUT2D eigenvalue weighted by Crippen LogP contribution is 2.06. The van der Waals surface area contributed by atoms with Crippen LogP contribution in [0.15, 0.2) is 24.3 Å². The van der Waals surface area contributed by atoms with Gasteiger partial charge in [0.2, 0.25) is 0 Å². The smallest absolute Gasteiger partial charge is 0.330 e. The van der Waals surface area contributed by atoms with E-state index in [0.29, 0.717) is 5.57 Å². The Hall–Kier alpha value is -1.09. The second-order valence-electron chi connectivity index (χ2n) is 2.94. The van der Waals surface area contributed by atoms with E-state index in [0.717, 1.165) is 0 Å². The van der Waals surface area contributed by atoms with Crippen molar-refractivity contribution in [1.29, 1.82) is 0 Å². The Bertz CT molecular complexity index is 231. The Labute approximate surface area is 91.4 Å². The summed E-state index contributed by atoms with van der Waals surface area (Å²) in [5.74, 6) is -0.398. The number of hydrogen-bond acceptors (Lipinski definition) is 3. The van der Waals surface area contributed by atoms with E-state index in [4.69, 9.17) is 0 Å². The lowest BCUT2D eigenvalue weighted by Crippen LogP contribution is -2.08. The van der Waals surface area contributed by atoms with Gasteiger partial charge in [-0.05, 0) is 32.6 Å². The van der Waals surface area contributed by atoms with Crippen molar-refractivity contribution >= 4 is 5.97 Å². The Balaban J connectivity index is 3.43. The van der Waals surface area contributed by atoms with E-state index >= 15 is 0 Å². The number of carbonyl (C=O) groups is 1. The van der Waals surface area contributed by atoms with Gasteiger partial charge in [-0.25, -0.2) is 4.79 Å². The molecule has 0 fully saturated rings. The van der Waals surface area contributed by atoms with E-state index in [1.54, 1.807) is 38.7 Å². The molecule has 82 valence electrons. The number of allylic oxidation sites excluding steroid dienone is 1. The molecule has 0 spiro atoms. The molecule has 0 aromatic rings. The van der Waals surface area contributed by atoms with Crippen molar-refractivity contribution in [3.05, 3.63) is 50.0 Å². The first-order valence-corrected chi connectivity index (χ1v) is 4.51. The van der Waals surface area contributed by atoms with Crippen LogP contribution in [0.3, 0.4) is 0 Å². The zero-order valence-electron chi connectivity index (χ0n) is 9.01. The fourth-order valence-electron chi connectivity index (χ4n) is 0.664. The molecule has 0 rings (SSSR count). The van der Waals surface area contributed by atoms with Crippen molar-refractivity contribution in [1.82, 2.24) is 0 Å². The Morgan fingerprint density at radius 2 is 2.07 bits per heavy atom. The van der Waals surface area contributed by atoms with E-state index in [1.807, 2.05) is 0 Å². The fourth-order valence-corrected chi connectivity index (χ4v) is 0.664.